The molecule has 1 fully saturated rings. The lowest BCUT2D eigenvalue weighted by atomic mass is 9.96. The van der Waals surface area contributed by atoms with Crippen molar-refractivity contribution in [1.82, 2.24) is 0 Å². The van der Waals surface area contributed by atoms with Gasteiger partial charge in [-0.15, -0.1) is 0 Å². The van der Waals surface area contributed by atoms with Gasteiger partial charge in [0.1, 0.15) is 19.3 Å². The summed E-state index contributed by atoms with van der Waals surface area (Å²) in [6.07, 6.45) is -2.74. The van der Waals surface area contributed by atoms with Crippen molar-refractivity contribution in [2.45, 2.75) is 44.6 Å². The van der Waals surface area contributed by atoms with Gasteiger partial charge in [0.2, 0.25) is 6.29 Å². The van der Waals surface area contributed by atoms with Crippen molar-refractivity contribution in [3.05, 3.63) is 35.9 Å². The highest BCUT2D eigenvalue weighted by Crippen LogP contribution is 2.38. The Kier molecular flexibility index (Phi) is 8.95. The van der Waals surface area contributed by atoms with E-state index in [0.717, 1.165) is 26.4 Å². The second-order valence-electron chi connectivity index (χ2n) is 7.38. The molecule has 2 rings (SSSR count). The molecule has 0 amide bonds. The van der Waals surface area contributed by atoms with Crippen LogP contribution in [0.2, 0.25) is 0 Å². The molecule has 14 heteroatoms. The van der Waals surface area contributed by atoms with Crippen molar-refractivity contribution in [2.24, 2.45) is 0 Å². The van der Waals surface area contributed by atoms with Gasteiger partial charge in [0.25, 0.3) is 20.2 Å². The number of esters is 2. The predicted molar refractivity (Wildman–Crippen MR) is 112 cm³/mol. The SMILES string of the molecule is CC(=O)O[C@@H]1OC(COS(C)(=O)=O)(COS(C)(=O)=O)[C@H](OCc2ccccc2)[C@@H]1OC(C)=O. The van der Waals surface area contributed by atoms with Gasteiger partial charge in [-0.2, -0.15) is 16.8 Å². The van der Waals surface area contributed by atoms with Crippen molar-refractivity contribution < 1.29 is 53.7 Å². The molecule has 0 saturated carbocycles. The van der Waals surface area contributed by atoms with E-state index in [9.17, 15) is 26.4 Å². The second kappa shape index (κ2) is 10.9. The molecule has 186 valence electrons. The topological polar surface area (TPSA) is 158 Å². The van der Waals surface area contributed by atoms with Gasteiger partial charge in [-0.25, -0.2) is 0 Å². The van der Waals surface area contributed by atoms with E-state index in [4.69, 9.17) is 27.3 Å². The third-order valence-electron chi connectivity index (χ3n) is 4.33. The first kappa shape index (κ1) is 27.1. The van der Waals surface area contributed by atoms with Crippen LogP contribution in [0.25, 0.3) is 0 Å². The van der Waals surface area contributed by atoms with Crippen LogP contribution in [0.15, 0.2) is 30.3 Å². The largest absolute Gasteiger partial charge is 0.453 e. The van der Waals surface area contributed by atoms with Crippen LogP contribution in [0.5, 0.6) is 0 Å². The highest BCUT2D eigenvalue weighted by molar-refractivity contribution is 7.86. The Bertz CT molecular complexity index is 1000. The molecule has 0 radical (unpaired) electrons. The maximum absolute atomic E-state index is 11.8. The summed E-state index contributed by atoms with van der Waals surface area (Å²) in [6, 6.07) is 8.76. The number of hydrogen-bond donors (Lipinski definition) is 0. The molecular formula is C19H26O12S2. The molecular weight excluding hydrogens is 484 g/mol. The van der Waals surface area contributed by atoms with Gasteiger partial charge in [0, 0.05) is 13.8 Å². The summed E-state index contributed by atoms with van der Waals surface area (Å²) in [4.78, 5) is 23.4. The first-order valence-electron chi connectivity index (χ1n) is 9.57. The van der Waals surface area contributed by atoms with E-state index in [1.165, 1.54) is 0 Å². The highest BCUT2D eigenvalue weighted by atomic mass is 32.2. The maximum atomic E-state index is 11.8. The van der Waals surface area contributed by atoms with Gasteiger partial charge in [-0.1, -0.05) is 30.3 Å². The van der Waals surface area contributed by atoms with Gasteiger partial charge < -0.3 is 18.9 Å². The fraction of sp³-hybridized carbons (Fsp3) is 0.579. The van der Waals surface area contributed by atoms with Gasteiger partial charge in [0.15, 0.2) is 11.7 Å². The van der Waals surface area contributed by atoms with E-state index < -0.39 is 69.5 Å². The van der Waals surface area contributed by atoms with Crippen LogP contribution < -0.4 is 0 Å². The average molecular weight is 511 g/mol. The molecule has 0 N–H and O–H groups in total. The van der Waals surface area contributed by atoms with Gasteiger partial charge in [0.05, 0.1) is 19.1 Å². The molecule has 1 aromatic carbocycles. The minimum Gasteiger partial charge on any atom is -0.453 e. The number of carbonyl (C=O) groups excluding carboxylic acids is 2. The van der Waals surface area contributed by atoms with Gasteiger partial charge in [-0.3, -0.25) is 18.0 Å². The standard InChI is InChI=1S/C19H26O12S2/c1-13(20)29-16-17(26-10-15-8-6-5-7-9-15)19(11-27-32(3,22)23,12-28-33(4,24)25)31-18(16)30-14(2)21/h5-9,16-18H,10-12H2,1-4H3/t16-,17+,18+/m0/s1. The van der Waals surface area contributed by atoms with E-state index in [-0.39, 0.29) is 6.61 Å². The fourth-order valence-corrected chi connectivity index (χ4v) is 3.89. The molecule has 1 aliphatic heterocycles. The second-order valence-corrected chi connectivity index (χ2v) is 10.7. The molecule has 0 spiro atoms. The molecule has 1 saturated heterocycles. The first-order valence-corrected chi connectivity index (χ1v) is 13.2. The molecule has 1 aliphatic rings. The molecule has 0 aliphatic carbocycles. The number of benzene rings is 1. The van der Waals surface area contributed by atoms with Crippen LogP contribution in [0.1, 0.15) is 19.4 Å². The van der Waals surface area contributed by atoms with Crippen molar-refractivity contribution >= 4 is 32.2 Å². The van der Waals surface area contributed by atoms with Gasteiger partial charge in [-0.05, 0) is 5.56 Å². The Morgan fingerprint density at radius 2 is 1.42 bits per heavy atom. The zero-order valence-electron chi connectivity index (χ0n) is 18.5. The normalized spacial score (nSPS) is 22.6. The average Bonchev–Trinajstić information content (AvgIpc) is 2.95. The molecule has 0 bridgehead atoms. The van der Waals surface area contributed by atoms with Crippen LogP contribution in [0.3, 0.4) is 0 Å². The van der Waals surface area contributed by atoms with Crippen molar-refractivity contribution in [1.29, 1.82) is 0 Å². The van der Waals surface area contributed by atoms with E-state index in [0.29, 0.717) is 5.56 Å². The molecule has 0 aromatic heterocycles. The fourth-order valence-electron chi connectivity index (χ4n) is 3.07. The summed E-state index contributed by atoms with van der Waals surface area (Å²) in [6.45, 7) is 0.540. The van der Waals surface area contributed by atoms with Crippen molar-refractivity contribution in [3.8, 4) is 0 Å². The Hall–Kier alpha value is -2.10. The van der Waals surface area contributed by atoms with E-state index >= 15 is 0 Å². The number of carbonyl (C=O) groups is 2. The molecule has 3 atom stereocenters. The highest BCUT2D eigenvalue weighted by Gasteiger charge is 2.60. The number of ether oxygens (including phenoxy) is 4. The summed E-state index contributed by atoms with van der Waals surface area (Å²) in [7, 11) is -8.06. The Labute approximate surface area is 192 Å². The molecule has 0 unspecified atom stereocenters. The molecule has 1 heterocycles. The summed E-state index contributed by atoms with van der Waals surface area (Å²) in [5.74, 6) is -1.58. The Morgan fingerprint density at radius 3 is 1.88 bits per heavy atom. The molecule has 33 heavy (non-hydrogen) atoms. The third kappa shape index (κ3) is 8.64. The summed E-state index contributed by atoms with van der Waals surface area (Å²) >= 11 is 0. The predicted octanol–water partition coefficient (Wildman–Crippen LogP) is 0.114. The van der Waals surface area contributed by atoms with E-state index in [2.05, 4.69) is 0 Å². The molecule has 1 aromatic rings. The lowest BCUT2D eigenvalue weighted by Crippen LogP contribution is -2.53. The van der Waals surface area contributed by atoms with Crippen LogP contribution in [-0.2, 0) is 63.7 Å². The summed E-state index contributed by atoms with van der Waals surface area (Å²) in [5.41, 5.74) is -1.27. The molecule has 12 nitrogen and oxygen atoms in total. The van der Waals surface area contributed by atoms with E-state index in [1.807, 2.05) is 0 Å². The minimum absolute atomic E-state index is 0.0705. The van der Waals surface area contributed by atoms with Crippen LogP contribution in [0, 0.1) is 0 Å². The zero-order chi connectivity index (χ0) is 24.9. The summed E-state index contributed by atoms with van der Waals surface area (Å²) in [5, 5.41) is 0. The first-order chi connectivity index (χ1) is 15.2. The lowest BCUT2D eigenvalue weighted by molar-refractivity contribution is -0.211. The van der Waals surface area contributed by atoms with Crippen LogP contribution in [0.4, 0.5) is 0 Å². The Morgan fingerprint density at radius 1 is 0.909 bits per heavy atom. The van der Waals surface area contributed by atoms with Crippen LogP contribution in [-0.4, -0.2) is 78.6 Å². The monoisotopic (exact) mass is 510 g/mol. The minimum atomic E-state index is -4.03. The third-order valence-corrected chi connectivity index (χ3v) is 5.42. The van der Waals surface area contributed by atoms with Crippen molar-refractivity contribution in [2.75, 3.05) is 25.7 Å². The maximum Gasteiger partial charge on any atom is 0.305 e. The zero-order valence-corrected chi connectivity index (χ0v) is 20.1. The smallest absolute Gasteiger partial charge is 0.305 e. The quantitative estimate of drug-likeness (QED) is 0.293. The van der Waals surface area contributed by atoms with Gasteiger partial charge >= 0.3 is 11.9 Å². The lowest BCUT2D eigenvalue weighted by Gasteiger charge is -2.33. The Balaban J connectivity index is 2.50. The van der Waals surface area contributed by atoms with Crippen molar-refractivity contribution in [3.63, 3.8) is 0 Å². The van der Waals surface area contributed by atoms with Crippen LogP contribution >= 0.6 is 0 Å². The number of rotatable bonds is 11. The van der Waals surface area contributed by atoms with E-state index in [1.54, 1.807) is 30.3 Å². The number of hydrogen-bond acceptors (Lipinski definition) is 12. The summed E-state index contributed by atoms with van der Waals surface area (Å²) < 4.78 is 78.5.